The zero-order valence-electron chi connectivity index (χ0n) is 14.5. The molecule has 0 aromatic carbocycles. The Balaban J connectivity index is 2.02. The molecule has 7 nitrogen and oxygen atoms in total. The third kappa shape index (κ3) is 1.60. The van der Waals surface area contributed by atoms with Crippen LogP contribution in [0, 0.1) is 13.8 Å². The van der Waals surface area contributed by atoms with E-state index in [0.717, 1.165) is 36.0 Å². The highest BCUT2D eigenvalue weighted by atomic mass is 32.1. The number of aromatic nitrogens is 6. The van der Waals surface area contributed by atoms with Crippen LogP contribution in [0.15, 0.2) is 0 Å². The van der Waals surface area contributed by atoms with E-state index < -0.39 is 0 Å². The van der Waals surface area contributed by atoms with E-state index in [4.69, 9.17) is 0 Å². The van der Waals surface area contributed by atoms with E-state index in [9.17, 15) is 0 Å². The first-order valence-corrected chi connectivity index (χ1v) is 8.91. The standard InChI is InChI=1S/C16H19N7S/c1-8-17-19-13-12-10-6-16(3,4)21(5)7-11(10)24-14(12)23-9(2)18-20-15(23)22(8)13/h6-7H2,1-5H3. The van der Waals surface area contributed by atoms with Gasteiger partial charge in [0.05, 0.1) is 5.39 Å². The van der Waals surface area contributed by atoms with Crippen LogP contribution in [-0.4, -0.2) is 46.7 Å². The summed E-state index contributed by atoms with van der Waals surface area (Å²) in [6, 6.07) is 0. The van der Waals surface area contributed by atoms with E-state index in [2.05, 4.69) is 50.6 Å². The molecule has 8 heteroatoms. The van der Waals surface area contributed by atoms with Crippen molar-refractivity contribution < 1.29 is 0 Å². The quantitative estimate of drug-likeness (QED) is 0.491. The van der Waals surface area contributed by atoms with Crippen LogP contribution < -0.4 is 0 Å². The van der Waals surface area contributed by atoms with Gasteiger partial charge >= 0.3 is 0 Å². The van der Waals surface area contributed by atoms with Crippen LogP contribution in [0.4, 0.5) is 0 Å². The van der Waals surface area contributed by atoms with Gasteiger partial charge in [0.2, 0.25) is 5.78 Å². The van der Waals surface area contributed by atoms with Gasteiger partial charge in [0.25, 0.3) is 0 Å². The van der Waals surface area contributed by atoms with Crippen molar-refractivity contribution in [3.8, 4) is 0 Å². The maximum atomic E-state index is 4.48. The van der Waals surface area contributed by atoms with Crippen LogP contribution in [0.2, 0.25) is 0 Å². The third-order valence-corrected chi connectivity index (χ3v) is 6.56. The number of likely N-dealkylation sites (N-methyl/N-ethyl adjacent to an activating group) is 1. The van der Waals surface area contributed by atoms with Gasteiger partial charge in [0, 0.05) is 17.0 Å². The molecule has 0 fully saturated rings. The minimum absolute atomic E-state index is 0.129. The molecule has 0 N–H and O–H groups in total. The highest BCUT2D eigenvalue weighted by molar-refractivity contribution is 7.19. The summed E-state index contributed by atoms with van der Waals surface area (Å²) >= 11 is 1.84. The van der Waals surface area contributed by atoms with Crippen molar-refractivity contribution in [1.29, 1.82) is 0 Å². The predicted octanol–water partition coefficient (Wildman–Crippen LogP) is 2.37. The van der Waals surface area contributed by atoms with Crippen molar-refractivity contribution in [2.75, 3.05) is 7.05 Å². The van der Waals surface area contributed by atoms with Gasteiger partial charge in [-0.05, 0) is 46.7 Å². The molecular weight excluding hydrogens is 322 g/mol. The average molecular weight is 341 g/mol. The Hall–Kier alpha value is -2.06. The van der Waals surface area contributed by atoms with Gasteiger partial charge in [-0.2, -0.15) is 0 Å². The van der Waals surface area contributed by atoms with Crippen LogP contribution in [0.3, 0.4) is 0 Å². The van der Waals surface area contributed by atoms with Crippen molar-refractivity contribution >= 4 is 33.0 Å². The summed E-state index contributed by atoms with van der Waals surface area (Å²) in [5.41, 5.74) is 2.44. The number of fused-ring (bicyclic) bond motifs is 8. The number of hydrogen-bond donors (Lipinski definition) is 0. The molecule has 0 aliphatic carbocycles. The lowest BCUT2D eigenvalue weighted by atomic mass is 9.88. The number of hydrogen-bond acceptors (Lipinski definition) is 6. The van der Waals surface area contributed by atoms with Crippen LogP contribution in [0.5, 0.6) is 0 Å². The Morgan fingerprint density at radius 1 is 1.00 bits per heavy atom. The summed E-state index contributed by atoms with van der Waals surface area (Å²) in [5, 5.41) is 18.7. The molecule has 4 aromatic heterocycles. The SMILES string of the molecule is Cc1nnc2c3c4c(sc3n3c(C)nnc3n12)CN(C)C(C)(C)C4. The second-order valence-electron chi connectivity index (χ2n) is 7.32. The summed E-state index contributed by atoms with van der Waals surface area (Å²) in [6.45, 7) is 9.53. The Labute approximate surface area is 142 Å². The maximum Gasteiger partial charge on any atom is 0.243 e. The lowest BCUT2D eigenvalue weighted by Crippen LogP contribution is -2.45. The predicted molar refractivity (Wildman–Crippen MR) is 93.6 cm³/mol. The molecule has 124 valence electrons. The Bertz CT molecular complexity index is 1130. The molecule has 4 aromatic rings. The second-order valence-corrected chi connectivity index (χ2v) is 8.40. The zero-order chi connectivity index (χ0) is 16.8. The molecule has 5 rings (SSSR count). The van der Waals surface area contributed by atoms with E-state index in [-0.39, 0.29) is 5.54 Å². The summed E-state index contributed by atoms with van der Waals surface area (Å²) in [7, 11) is 2.20. The number of thiophene rings is 1. The number of aryl methyl sites for hydroxylation is 2. The van der Waals surface area contributed by atoms with Gasteiger partial charge in [0.15, 0.2) is 5.65 Å². The van der Waals surface area contributed by atoms with Crippen LogP contribution in [0.25, 0.3) is 21.6 Å². The van der Waals surface area contributed by atoms with E-state index in [0.29, 0.717) is 0 Å². The first kappa shape index (κ1) is 14.3. The average Bonchev–Trinajstić information content (AvgIpc) is 3.16. The van der Waals surface area contributed by atoms with Crippen molar-refractivity contribution in [3.05, 3.63) is 22.1 Å². The van der Waals surface area contributed by atoms with Crippen molar-refractivity contribution in [3.63, 3.8) is 0 Å². The smallest absolute Gasteiger partial charge is 0.243 e. The van der Waals surface area contributed by atoms with E-state index in [1.165, 1.54) is 20.7 Å². The molecule has 0 saturated carbocycles. The fourth-order valence-corrected chi connectivity index (χ4v) is 5.11. The Kier molecular flexibility index (Phi) is 2.57. The molecule has 1 aliphatic heterocycles. The molecule has 0 bridgehead atoms. The van der Waals surface area contributed by atoms with E-state index in [1.807, 2.05) is 29.6 Å². The molecule has 0 saturated heterocycles. The fourth-order valence-electron chi connectivity index (χ4n) is 3.69. The topological polar surface area (TPSA) is 63.6 Å². The monoisotopic (exact) mass is 341 g/mol. The largest absolute Gasteiger partial charge is 0.296 e. The third-order valence-electron chi connectivity index (χ3n) is 5.35. The minimum atomic E-state index is 0.129. The lowest BCUT2D eigenvalue weighted by Gasteiger charge is -2.39. The van der Waals surface area contributed by atoms with Gasteiger partial charge in [-0.25, -0.2) is 4.40 Å². The fraction of sp³-hybridized carbons (Fsp3) is 0.500. The summed E-state index contributed by atoms with van der Waals surface area (Å²) in [5.74, 6) is 2.54. The molecule has 0 unspecified atom stereocenters. The van der Waals surface area contributed by atoms with Crippen LogP contribution in [-0.2, 0) is 13.0 Å². The van der Waals surface area contributed by atoms with Crippen molar-refractivity contribution in [2.45, 2.75) is 46.2 Å². The summed E-state index contributed by atoms with van der Waals surface area (Å²) in [4.78, 5) is 5.02. The molecule has 0 radical (unpaired) electrons. The lowest BCUT2D eigenvalue weighted by molar-refractivity contribution is 0.136. The van der Waals surface area contributed by atoms with Gasteiger partial charge in [0.1, 0.15) is 16.5 Å². The highest BCUT2D eigenvalue weighted by Gasteiger charge is 2.34. The van der Waals surface area contributed by atoms with Crippen LogP contribution in [0.1, 0.15) is 35.9 Å². The first-order valence-electron chi connectivity index (χ1n) is 8.09. The Morgan fingerprint density at radius 3 is 2.50 bits per heavy atom. The van der Waals surface area contributed by atoms with Gasteiger partial charge in [-0.15, -0.1) is 31.7 Å². The molecule has 0 spiro atoms. The van der Waals surface area contributed by atoms with E-state index >= 15 is 0 Å². The van der Waals surface area contributed by atoms with E-state index in [1.54, 1.807) is 0 Å². The number of nitrogens with zero attached hydrogens (tertiary/aromatic N) is 7. The zero-order valence-corrected chi connectivity index (χ0v) is 15.3. The van der Waals surface area contributed by atoms with Crippen molar-refractivity contribution in [1.82, 2.24) is 34.1 Å². The van der Waals surface area contributed by atoms with Crippen LogP contribution >= 0.6 is 11.3 Å². The highest BCUT2D eigenvalue weighted by Crippen LogP contribution is 2.41. The molecule has 24 heavy (non-hydrogen) atoms. The van der Waals surface area contributed by atoms with Gasteiger partial charge < -0.3 is 0 Å². The Morgan fingerprint density at radius 2 is 1.71 bits per heavy atom. The number of rotatable bonds is 0. The normalized spacial score (nSPS) is 18.0. The second kappa shape index (κ2) is 4.31. The molecule has 1 aliphatic rings. The molecular formula is C16H19N7S. The van der Waals surface area contributed by atoms with Gasteiger partial charge in [-0.1, -0.05) is 0 Å². The molecule has 0 atom stereocenters. The summed E-state index contributed by atoms with van der Waals surface area (Å²) < 4.78 is 4.18. The minimum Gasteiger partial charge on any atom is -0.296 e. The molecule has 5 heterocycles. The summed E-state index contributed by atoms with van der Waals surface area (Å²) in [6.07, 6.45) is 1.01. The molecule has 0 amide bonds. The first-order chi connectivity index (χ1) is 11.4. The van der Waals surface area contributed by atoms with Gasteiger partial charge in [-0.3, -0.25) is 9.30 Å². The van der Waals surface area contributed by atoms with Crippen molar-refractivity contribution in [2.24, 2.45) is 0 Å². The maximum absolute atomic E-state index is 4.48.